The minimum absolute atomic E-state index is 0.0216. The van der Waals surface area contributed by atoms with Crippen LogP contribution >= 0.6 is 0 Å². The summed E-state index contributed by atoms with van der Waals surface area (Å²) < 4.78 is 5.42. The van der Waals surface area contributed by atoms with E-state index in [1.54, 1.807) is 0 Å². The highest BCUT2D eigenvalue weighted by molar-refractivity contribution is 5.76. The van der Waals surface area contributed by atoms with Gasteiger partial charge in [-0.3, -0.25) is 4.79 Å². The zero-order valence-corrected chi connectivity index (χ0v) is 9.59. The second-order valence-corrected chi connectivity index (χ2v) is 4.73. The summed E-state index contributed by atoms with van der Waals surface area (Å²) in [6.45, 7) is 7.96. The van der Waals surface area contributed by atoms with Crippen molar-refractivity contribution in [1.82, 2.24) is 0 Å². The van der Waals surface area contributed by atoms with Gasteiger partial charge in [-0.05, 0) is 46.1 Å². The SMILES string of the molecule is CCC(C)(C)C(=O)OC1C=C(C)CC1. The van der Waals surface area contributed by atoms with E-state index in [4.69, 9.17) is 4.74 Å². The Labute approximate surface area is 86.3 Å². The molecule has 80 valence electrons. The fraction of sp³-hybridized carbons (Fsp3) is 0.750. The van der Waals surface area contributed by atoms with Crippen molar-refractivity contribution >= 4 is 5.97 Å². The van der Waals surface area contributed by atoms with Crippen LogP contribution in [0.2, 0.25) is 0 Å². The highest BCUT2D eigenvalue weighted by Gasteiger charge is 2.29. The topological polar surface area (TPSA) is 26.3 Å². The van der Waals surface area contributed by atoms with Crippen LogP contribution in [0.15, 0.2) is 11.6 Å². The van der Waals surface area contributed by atoms with E-state index in [0.29, 0.717) is 0 Å². The number of ether oxygens (including phenoxy) is 1. The van der Waals surface area contributed by atoms with Crippen LogP contribution in [0.5, 0.6) is 0 Å². The minimum Gasteiger partial charge on any atom is -0.458 e. The van der Waals surface area contributed by atoms with Gasteiger partial charge in [0.15, 0.2) is 0 Å². The number of hydrogen-bond donors (Lipinski definition) is 0. The summed E-state index contributed by atoms with van der Waals surface area (Å²) in [7, 11) is 0. The van der Waals surface area contributed by atoms with Gasteiger partial charge in [-0.2, -0.15) is 0 Å². The summed E-state index contributed by atoms with van der Waals surface area (Å²) >= 11 is 0. The van der Waals surface area contributed by atoms with Crippen LogP contribution in [0, 0.1) is 5.41 Å². The smallest absolute Gasteiger partial charge is 0.312 e. The van der Waals surface area contributed by atoms with Crippen molar-refractivity contribution < 1.29 is 9.53 Å². The van der Waals surface area contributed by atoms with Gasteiger partial charge in [0.25, 0.3) is 0 Å². The van der Waals surface area contributed by atoms with Gasteiger partial charge in [0.1, 0.15) is 6.10 Å². The summed E-state index contributed by atoms with van der Waals surface area (Å²) in [5.74, 6) is -0.0732. The molecule has 1 rings (SSSR count). The molecule has 0 bridgehead atoms. The van der Waals surface area contributed by atoms with Gasteiger partial charge in [0.05, 0.1) is 5.41 Å². The van der Waals surface area contributed by atoms with E-state index >= 15 is 0 Å². The highest BCUT2D eigenvalue weighted by Crippen LogP contribution is 2.26. The summed E-state index contributed by atoms with van der Waals surface area (Å²) in [4.78, 5) is 11.7. The van der Waals surface area contributed by atoms with E-state index in [1.165, 1.54) is 5.57 Å². The van der Waals surface area contributed by atoms with E-state index < -0.39 is 0 Å². The Kier molecular flexibility index (Phi) is 3.35. The molecule has 2 nitrogen and oxygen atoms in total. The lowest BCUT2D eigenvalue weighted by molar-refractivity contribution is -0.157. The van der Waals surface area contributed by atoms with E-state index in [1.807, 2.05) is 20.8 Å². The van der Waals surface area contributed by atoms with Crippen molar-refractivity contribution in [3.05, 3.63) is 11.6 Å². The normalized spacial score (nSPS) is 22.0. The number of allylic oxidation sites excluding steroid dienone is 1. The lowest BCUT2D eigenvalue weighted by atomic mass is 9.90. The second kappa shape index (κ2) is 4.16. The van der Waals surface area contributed by atoms with E-state index in [-0.39, 0.29) is 17.5 Å². The standard InChI is InChI=1S/C12H20O2/c1-5-12(3,4)11(13)14-10-7-6-9(2)8-10/h8,10H,5-7H2,1-4H3. The molecular formula is C12H20O2. The Balaban J connectivity index is 2.49. The molecule has 14 heavy (non-hydrogen) atoms. The van der Waals surface area contributed by atoms with Crippen LogP contribution in [0.3, 0.4) is 0 Å². The molecule has 2 heteroatoms. The molecule has 0 radical (unpaired) electrons. The lowest BCUT2D eigenvalue weighted by Gasteiger charge is -2.22. The van der Waals surface area contributed by atoms with Gasteiger partial charge in [0.2, 0.25) is 0 Å². The molecule has 0 spiro atoms. The molecule has 1 atom stereocenters. The first-order chi connectivity index (χ1) is 6.45. The molecule has 0 saturated heterocycles. The molecule has 0 aliphatic heterocycles. The average molecular weight is 196 g/mol. The van der Waals surface area contributed by atoms with Gasteiger partial charge in [-0.15, -0.1) is 0 Å². The average Bonchev–Trinajstić information content (AvgIpc) is 2.51. The Morgan fingerprint density at radius 3 is 2.71 bits per heavy atom. The molecule has 0 aromatic rings. The van der Waals surface area contributed by atoms with Crippen LogP contribution < -0.4 is 0 Å². The van der Waals surface area contributed by atoms with Gasteiger partial charge in [-0.25, -0.2) is 0 Å². The molecule has 1 aliphatic rings. The lowest BCUT2D eigenvalue weighted by Crippen LogP contribution is -2.28. The van der Waals surface area contributed by atoms with Gasteiger partial charge < -0.3 is 4.74 Å². The Morgan fingerprint density at radius 2 is 2.29 bits per heavy atom. The molecule has 1 unspecified atom stereocenters. The third-order valence-corrected chi connectivity index (χ3v) is 2.99. The maximum atomic E-state index is 11.7. The maximum Gasteiger partial charge on any atom is 0.312 e. The van der Waals surface area contributed by atoms with Gasteiger partial charge in [-0.1, -0.05) is 12.5 Å². The van der Waals surface area contributed by atoms with Crippen LogP contribution in [0.4, 0.5) is 0 Å². The van der Waals surface area contributed by atoms with Crippen molar-refractivity contribution in [2.75, 3.05) is 0 Å². The molecule has 0 fully saturated rings. The van der Waals surface area contributed by atoms with E-state index in [9.17, 15) is 4.79 Å². The molecular weight excluding hydrogens is 176 g/mol. The minimum atomic E-state index is -0.343. The molecule has 0 heterocycles. The first-order valence-electron chi connectivity index (χ1n) is 5.34. The monoisotopic (exact) mass is 196 g/mol. The van der Waals surface area contributed by atoms with Crippen LogP contribution in [-0.4, -0.2) is 12.1 Å². The maximum absolute atomic E-state index is 11.7. The predicted octanol–water partition coefficient (Wildman–Crippen LogP) is 3.07. The van der Waals surface area contributed by atoms with Crippen molar-refractivity contribution in [3.8, 4) is 0 Å². The number of carbonyl (C=O) groups excluding carboxylic acids is 1. The van der Waals surface area contributed by atoms with E-state index in [2.05, 4.69) is 13.0 Å². The Hall–Kier alpha value is -0.790. The number of rotatable bonds is 3. The number of esters is 1. The van der Waals surface area contributed by atoms with Crippen LogP contribution in [0.1, 0.15) is 47.0 Å². The zero-order valence-electron chi connectivity index (χ0n) is 9.59. The quantitative estimate of drug-likeness (QED) is 0.512. The highest BCUT2D eigenvalue weighted by atomic mass is 16.5. The summed E-state index contributed by atoms with van der Waals surface area (Å²) in [6, 6.07) is 0. The number of carbonyl (C=O) groups is 1. The fourth-order valence-electron chi connectivity index (χ4n) is 1.39. The van der Waals surface area contributed by atoms with Gasteiger partial charge in [0, 0.05) is 0 Å². The summed E-state index contributed by atoms with van der Waals surface area (Å²) in [6.07, 6.45) is 4.92. The van der Waals surface area contributed by atoms with Crippen molar-refractivity contribution in [3.63, 3.8) is 0 Å². The Bertz CT molecular complexity index is 251. The first-order valence-corrected chi connectivity index (χ1v) is 5.34. The first kappa shape index (κ1) is 11.3. The third-order valence-electron chi connectivity index (χ3n) is 2.99. The zero-order chi connectivity index (χ0) is 10.8. The molecule has 1 aliphatic carbocycles. The largest absolute Gasteiger partial charge is 0.458 e. The molecule has 0 aromatic heterocycles. The molecule has 0 aromatic carbocycles. The predicted molar refractivity (Wildman–Crippen MR) is 56.9 cm³/mol. The van der Waals surface area contributed by atoms with Crippen LogP contribution in [0.25, 0.3) is 0 Å². The number of hydrogen-bond acceptors (Lipinski definition) is 2. The second-order valence-electron chi connectivity index (χ2n) is 4.73. The van der Waals surface area contributed by atoms with E-state index in [0.717, 1.165) is 19.3 Å². The van der Waals surface area contributed by atoms with Crippen molar-refractivity contribution in [2.24, 2.45) is 5.41 Å². The summed E-state index contributed by atoms with van der Waals surface area (Å²) in [5, 5.41) is 0. The third kappa shape index (κ3) is 2.60. The molecule has 0 N–H and O–H groups in total. The van der Waals surface area contributed by atoms with Crippen LogP contribution in [-0.2, 0) is 9.53 Å². The summed E-state index contributed by atoms with van der Waals surface area (Å²) in [5.41, 5.74) is 0.988. The molecule has 0 saturated carbocycles. The van der Waals surface area contributed by atoms with Gasteiger partial charge >= 0.3 is 5.97 Å². The Morgan fingerprint density at radius 1 is 1.64 bits per heavy atom. The van der Waals surface area contributed by atoms with Crippen molar-refractivity contribution in [2.45, 2.75) is 53.1 Å². The molecule has 0 amide bonds. The fourth-order valence-corrected chi connectivity index (χ4v) is 1.39. The van der Waals surface area contributed by atoms with Crippen molar-refractivity contribution in [1.29, 1.82) is 0 Å².